The van der Waals surface area contributed by atoms with Crippen molar-refractivity contribution in [3.63, 3.8) is 0 Å². The Bertz CT molecular complexity index is 702. The zero-order valence-electron chi connectivity index (χ0n) is 12.3. The van der Waals surface area contributed by atoms with Gasteiger partial charge in [0, 0.05) is 37.7 Å². The van der Waals surface area contributed by atoms with Crippen molar-refractivity contribution in [3.8, 4) is 0 Å². The number of sulfonamides is 1. The van der Waals surface area contributed by atoms with Crippen LogP contribution in [0.4, 0.5) is 5.82 Å². The molecule has 7 heteroatoms. The lowest BCUT2D eigenvalue weighted by Crippen LogP contribution is -2.35. The second-order valence-electron chi connectivity index (χ2n) is 6.67. The van der Waals surface area contributed by atoms with Gasteiger partial charge in [0.15, 0.2) is 0 Å². The lowest BCUT2D eigenvalue weighted by molar-refractivity contribution is -0.117. The van der Waals surface area contributed by atoms with Crippen molar-refractivity contribution in [2.75, 3.05) is 24.5 Å². The predicted octanol–water partition coefficient (Wildman–Crippen LogP) is 1.00. The highest BCUT2D eigenvalue weighted by atomic mass is 32.2. The number of rotatable bonds is 3. The van der Waals surface area contributed by atoms with Gasteiger partial charge in [-0.15, -0.1) is 0 Å². The maximum atomic E-state index is 12.4. The van der Waals surface area contributed by atoms with Crippen molar-refractivity contribution in [1.82, 2.24) is 9.29 Å². The molecular weight excluding hydrogens is 302 g/mol. The van der Waals surface area contributed by atoms with Gasteiger partial charge in [-0.05, 0) is 31.4 Å². The Hall–Kier alpha value is -1.47. The Labute approximate surface area is 130 Å². The first-order chi connectivity index (χ1) is 10.5. The van der Waals surface area contributed by atoms with Crippen molar-refractivity contribution in [3.05, 3.63) is 24.4 Å². The number of aromatic nitrogens is 1. The first-order valence-corrected chi connectivity index (χ1v) is 9.21. The average molecular weight is 321 g/mol. The van der Waals surface area contributed by atoms with Gasteiger partial charge in [-0.3, -0.25) is 9.69 Å². The molecule has 1 atom stereocenters. The van der Waals surface area contributed by atoms with Crippen molar-refractivity contribution in [1.29, 1.82) is 0 Å². The topological polar surface area (TPSA) is 70.6 Å². The Morgan fingerprint density at radius 1 is 1.23 bits per heavy atom. The minimum Gasteiger partial charge on any atom is -0.296 e. The summed E-state index contributed by atoms with van der Waals surface area (Å²) in [6.45, 7) is 1.59. The quantitative estimate of drug-likeness (QED) is 0.833. The molecule has 3 fully saturated rings. The van der Waals surface area contributed by atoms with Gasteiger partial charge in [-0.25, -0.2) is 17.7 Å². The molecule has 0 bridgehead atoms. The van der Waals surface area contributed by atoms with Gasteiger partial charge < -0.3 is 0 Å². The van der Waals surface area contributed by atoms with Crippen LogP contribution < -0.4 is 4.90 Å². The third-order valence-corrected chi connectivity index (χ3v) is 7.30. The molecule has 1 saturated carbocycles. The maximum Gasteiger partial charge on any atom is 0.228 e. The smallest absolute Gasteiger partial charge is 0.228 e. The van der Waals surface area contributed by atoms with Crippen LogP contribution in [0.3, 0.4) is 0 Å². The summed E-state index contributed by atoms with van der Waals surface area (Å²) in [5.74, 6) is 0.706. The Morgan fingerprint density at radius 3 is 2.73 bits per heavy atom. The number of anilines is 1. The van der Waals surface area contributed by atoms with Gasteiger partial charge in [0.1, 0.15) is 5.82 Å². The van der Waals surface area contributed by atoms with Crippen LogP contribution in [-0.4, -0.2) is 48.5 Å². The fraction of sp³-hybridized carbons (Fsp3) is 0.600. The summed E-state index contributed by atoms with van der Waals surface area (Å²) in [6, 6.07) is 5.50. The van der Waals surface area contributed by atoms with Gasteiger partial charge in [-0.2, -0.15) is 0 Å². The number of hydrogen-bond donors (Lipinski definition) is 0. The van der Waals surface area contributed by atoms with E-state index in [0.29, 0.717) is 31.9 Å². The lowest BCUT2D eigenvalue weighted by atomic mass is 9.86. The van der Waals surface area contributed by atoms with E-state index < -0.39 is 10.0 Å². The molecule has 1 aliphatic carbocycles. The monoisotopic (exact) mass is 321 g/mol. The highest BCUT2D eigenvalue weighted by Gasteiger charge is 2.52. The molecule has 0 N–H and O–H groups in total. The van der Waals surface area contributed by atoms with Crippen LogP contribution in [0.15, 0.2) is 24.4 Å². The largest absolute Gasteiger partial charge is 0.296 e. The predicted molar refractivity (Wildman–Crippen MR) is 81.8 cm³/mol. The minimum absolute atomic E-state index is 0.0457. The molecule has 0 radical (unpaired) electrons. The van der Waals surface area contributed by atoms with Crippen LogP contribution in [0.2, 0.25) is 0 Å². The summed E-state index contributed by atoms with van der Waals surface area (Å²) < 4.78 is 26.4. The molecule has 2 saturated heterocycles. The van der Waals surface area contributed by atoms with Crippen LogP contribution in [0, 0.1) is 5.41 Å². The Kier molecular flexibility index (Phi) is 3.06. The molecule has 1 aromatic rings. The lowest BCUT2D eigenvalue weighted by Gasteiger charge is -2.23. The van der Waals surface area contributed by atoms with E-state index in [4.69, 9.17) is 0 Å². The normalized spacial score (nSPS) is 29.6. The highest BCUT2D eigenvalue weighted by Crippen LogP contribution is 2.44. The summed E-state index contributed by atoms with van der Waals surface area (Å²) in [4.78, 5) is 18.3. The molecular formula is C15H19N3O3S. The van der Waals surface area contributed by atoms with Crippen molar-refractivity contribution < 1.29 is 13.2 Å². The third kappa shape index (κ3) is 2.23. The molecule has 0 aromatic carbocycles. The molecule has 4 rings (SSSR count). The Balaban J connectivity index is 1.54. The molecule has 3 heterocycles. The molecule has 1 spiro atoms. The molecule has 22 heavy (non-hydrogen) atoms. The molecule has 0 unspecified atom stereocenters. The molecule has 6 nitrogen and oxygen atoms in total. The summed E-state index contributed by atoms with van der Waals surface area (Å²) in [7, 11) is -3.14. The second-order valence-corrected chi connectivity index (χ2v) is 8.89. The fourth-order valence-corrected chi connectivity index (χ4v) is 5.53. The van der Waals surface area contributed by atoms with Crippen LogP contribution in [-0.2, 0) is 14.8 Å². The molecule has 2 aliphatic heterocycles. The van der Waals surface area contributed by atoms with E-state index in [0.717, 1.165) is 19.3 Å². The third-order valence-electron chi connectivity index (χ3n) is 4.96. The van der Waals surface area contributed by atoms with Gasteiger partial charge in [0.25, 0.3) is 0 Å². The second kappa shape index (κ2) is 4.76. The molecule has 1 amide bonds. The average Bonchev–Trinajstić information content (AvgIpc) is 3.22. The Morgan fingerprint density at radius 2 is 2.05 bits per heavy atom. The number of amides is 1. The number of pyridine rings is 1. The number of carbonyl (C=O) groups excluding carboxylic acids is 1. The summed E-state index contributed by atoms with van der Waals surface area (Å²) in [5, 5.41) is -0.174. The molecule has 3 aliphatic rings. The van der Waals surface area contributed by atoms with Crippen LogP contribution in [0.5, 0.6) is 0 Å². The van der Waals surface area contributed by atoms with Crippen molar-refractivity contribution >= 4 is 21.7 Å². The molecule has 118 valence electrons. The highest BCUT2D eigenvalue weighted by molar-refractivity contribution is 7.90. The van der Waals surface area contributed by atoms with E-state index in [1.807, 2.05) is 18.2 Å². The first-order valence-electron chi connectivity index (χ1n) is 7.71. The van der Waals surface area contributed by atoms with Gasteiger partial charge in [-0.1, -0.05) is 6.07 Å². The van der Waals surface area contributed by atoms with E-state index in [1.165, 1.54) is 0 Å². The molecule has 1 aromatic heterocycles. The maximum absolute atomic E-state index is 12.4. The van der Waals surface area contributed by atoms with Crippen LogP contribution in [0.25, 0.3) is 0 Å². The van der Waals surface area contributed by atoms with Gasteiger partial charge in [0.2, 0.25) is 15.9 Å². The van der Waals surface area contributed by atoms with Gasteiger partial charge >= 0.3 is 0 Å². The number of nitrogens with zero attached hydrogens (tertiary/aromatic N) is 3. The van der Waals surface area contributed by atoms with E-state index in [1.54, 1.807) is 15.4 Å². The fourth-order valence-electron chi connectivity index (χ4n) is 3.58. The number of hydrogen-bond acceptors (Lipinski definition) is 4. The van der Waals surface area contributed by atoms with Crippen molar-refractivity contribution in [2.24, 2.45) is 5.41 Å². The van der Waals surface area contributed by atoms with E-state index in [2.05, 4.69) is 4.98 Å². The summed E-state index contributed by atoms with van der Waals surface area (Å²) >= 11 is 0. The standard InChI is InChI=1S/C15H19N3O3S/c19-14-9-15(11-18(14)13-3-1-2-7-16-13)6-8-17(10-15)22(20,21)12-4-5-12/h1-3,7,12H,4-6,8-11H2/t15-/m0/s1. The SMILES string of the molecule is O=C1C[C@]2(CCN(S(=O)(=O)C3CC3)C2)CN1c1ccccn1. The minimum atomic E-state index is -3.14. The van der Waals surface area contributed by atoms with E-state index in [-0.39, 0.29) is 16.6 Å². The summed E-state index contributed by atoms with van der Waals surface area (Å²) in [5.41, 5.74) is -0.240. The zero-order valence-corrected chi connectivity index (χ0v) is 13.1. The zero-order chi connectivity index (χ0) is 15.4. The number of carbonyl (C=O) groups is 1. The first kappa shape index (κ1) is 14.1. The van der Waals surface area contributed by atoms with Crippen LogP contribution >= 0.6 is 0 Å². The summed E-state index contributed by atoms with van der Waals surface area (Å²) in [6.07, 6.45) is 4.41. The van der Waals surface area contributed by atoms with E-state index in [9.17, 15) is 13.2 Å². The van der Waals surface area contributed by atoms with Gasteiger partial charge in [0.05, 0.1) is 5.25 Å². The van der Waals surface area contributed by atoms with E-state index >= 15 is 0 Å². The van der Waals surface area contributed by atoms with Crippen molar-refractivity contribution in [2.45, 2.75) is 30.9 Å². The van der Waals surface area contributed by atoms with Crippen LogP contribution in [0.1, 0.15) is 25.7 Å².